The minimum Gasteiger partial charge on any atom is -0.264 e. The summed E-state index contributed by atoms with van der Waals surface area (Å²) in [5, 5.41) is 3.92. The molecule has 4 heteroatoms. The lowest BCUT2D eigenvalue weighted by Gasteiger charge is -1.94. The fourth-order valence-electron chi connectivity index (χ4n) is 1.20. The van der Waals surface area contributed by atoms with Crippen LogP contribution in [-0.4, -0.2) is 22.1 Å². The van der Waals surface area contributed by atoms with Crippen molar-refractivity contribution < 1.29 is 9.49 Å². The molecule has 0 bridgehead atoms. The van der Waals surface area contributed by atoms with E-state index in [0.29, 0.717) is 12.1 Å². The first-order chi connectivity index (χ1) is 7.36. The van der Waals surface area contributed by atoms with E-state index in [1.165, 1.54) is 6.20 Å². The highest BCUT2D eigenvalue weighted by molar-refractivity contribution is 5.93. The van der Waals surface area contributed by atoms with Crippen molar-refractivity contribution in [1.29, 1.82) is 0 Å². The SMILES string of the molecule is O=C(N=[N+]1C=CC=CC1)c1cccnc1. The molecule has 0 aliphatic carbocycles. The van der Waals surface area contributed by atoms with Crippen LogP contribution in [0.1, 0.15) is 10.4 Å². The second-order valence-corrected chi connectivity index (χ2v) is 3.04. The Morgan fingerprint density at radius 1 is 1.47 bits per heavy atom. The smallest absolute Gasteiger partial charge is 0.264 e. The first-order valence-corrected chi connectivity index (χ1v) is 4.62. The van der Waals surface area contributed by atoms with E-state index in [-0.39, 0.29) is 5.91 Å². The summed E-state index contributed by atoms with van der Waals surface area (Å²) in [5.41, 5.74) is 0.500. The molecule has 4 nitrogen and oxygen atoms in total. The molecule has 74 valence electrons. The molecule has 0 saturated heterocycles. The summed E-state index contributed by atoms with van der Waals surface area (Å²) in [5.74, 6) is -0.275. The Balaban J connectivity index is 2.17. The van der Waals surface area contributed by atoms with E-state index in [0.717, 1.165) is 0 Å². The predicted molar refractivity (Wildman–Crippen MR) is 54.4 cm³/mol. The molecule has 0 unspecified atom stereocenters. The third-order valence-electron chi connectivity index (χ3n) is 1.93. The molecule has 0 aromatic carbocycles. The molecule has 15 heavy (non-hydrogen) atoms. The number of hydrogen-bond acceptors (Lipinski definition) is 2. The largest absolute Gasteiger partial charge is 0.340 e. The van der Waals surface area contributed by atoms with Crippen molar-refractivity contribution in [3.63, 3.8) is 0 Å². The van der Waals surface area contributed by atoms with Crippen LogP contribution in [-0.2, 0) is 0 Å². The summed E-state index contributed by atoms with van der Waals surface area (Å²) in [7, 11) is 0. The lowest BCUT2D eigenvalue weighted by molar-refractivity contribution is -0.513. The monoisotopic (exact) mass is 200 g/mol. The van der Waals surface area contributed by atoms with Gasteiger partial charge in [-0.15, -0.1) is 0 Å². The van der Waals surface area contributed by atoms with Gasteiger partial charge in [0, 0.05) is 23.6 Å². The Hall–Kier alpha value is -2.10. The minimum absolute atomic E-state index is 0.275. The van der Waals surface area contributed by atoms with Gasteiger partial charge in [0.15, 0.2) is 12.7 Å². The zero-order chi connectivity index (χ0) is 10.5. The van der Waals surface area contributed by atoms with Gasteiger partial charge < -0.3 is 0 Å². The molecular weight excluding hydrogens is 190 g/mol. The molecule has 2 heterocycles. The van der Waals surface area contributed by atoms with Crippen LogP contribution in [0.5, 0.6) is 0 Å². The fraction of sp³-hybridized carbons (Fsp3) is 0.0909. The number of amides is 1. The molecule has 0 spiro atoms. The topological polar surface area (TPSA) is 45.3 Å². The average Bonchev–Trinajstić information content (AvgIpc) is 2.31. The molecular formula is C11H10N3O+. The molecule has 0 saturated carbocycles. The summed E-state index contributed by atoms with van der Waals surface area (Å²) in [6, 6.07) is 3.41. The highest BCUT2D eigenvalue weighted by Gasteiger charge is 2.10. The van der Waals surface area contributed by atoms with E-state index in [1.54, 1.807) is 29.2 Å². The number of pyridine rings is 1. The molecule has 0 atom stereocenters. The van der Waals surface area contributed by atoms with E-state index in [4.69, 9.17) is 0 Å². The second-order valence-electron chi connectivity index (χ2n) is 3.04. The molecule has 1 aromatic heterocycles. The van der Waals surface area contributed by atoms with Crippen molar-refractivity contribution in [1.82, 2.24) is 4.98 Å². The standard InChI is InChI=1S/C11H10N3O/c15-11(10-5-4-6-12-9-10)13-14-7-2-1-3-8-14/h1-7,9H,8H2/q+1. The Labute approximate surface area is 87.3 Å². The fourth-order valence-corrected chi connectivity index (χ4v) is 1.20. The van der Waals surface area contributed by atoms with Crippen LogP contribution in [0.3, 0.4) is 0 Å². The highest BCUT2D eigenvalue weighted by Crippen LogP contribution is 2.00. The summed E-state index contributed by atoms with van der Waals surface area (Å²) in [6.07, 6.45) is 10.6. The number of aromatic nitrogens is 1. The predicted octanol–water partition coefficient (Wildman–Crippen LogP) is 1.77. The lowest BCUT2D eigenvalue weighted by Crippen LogP contribution is -2.08. The molecule has 0 radical (unpaired) electrons. The van der Waals surface area contributed by atoms with Crippen LogP contribution in [0.25, 0.3) is 0 Å². The van der Waals surface area contributed by atoms with Gasteiger partial charge >= 0.3 is 5.91 Å². The van der Waals surface area contributed by atoms with Crippen molar-refractivity contribution in [2.75, 3.05) is 6.54 Å². The number of nitrogens with zero attached hydrogens (tertiary/aromatic N) is 3. The summed E-state index contributed by atoms with van der Waals surface area (Å²) >= 11 is 0. The minimum atomic E-state index is -0.275. The van der Waals surface area contributed by atoms with E-state index in [2.05, 4.69) is 10.1 Å². The van der Waals surface area contributed by atoms with Gasteiger partial charge in [0.1, 0.15) is 0 Å². The van der Waals surface area contributed by atoms with Crippen molar-refractivity contribution >= 4 is 5.91 Å². The van der Waals surface area contributed by atoms with Crippen molar-refractivity contribution in [3.8, 4) is 0 Å². The van der Waals surface area contributed by atoms with Gasteiger partial charge in [-0.2, -0.15) is 0 Å². The molecule has 1 amide bonds. The van der Waals surface area contributed by atoms with Crippen LogP contribution < -0.4 is 0 Å². The Morgan fingerprint density at radius 2 is 2.40 bits per heavy atom. The maximum Gasteiger partial charge on any atom is 0.340 e. The number of carbonyl (C=O) groups is 1. The third-order valence-corrected chi connectivity index (χ3v) is 1.93. The highest BCUT2D eigenvalue weighted by atomic mass is 16.1. The van der Waals surface area contributed by atoms with Crippen LogP contribution in [0.2, 0.25) is 0 Å². The Bertz CT molecular complexity index is 446. The number of rotatable bonds is 1. The van der Waals surface area contributed by atoms with Gasteiger partial charge in [-0.1, -0.05) is 10.8 Å². The van der Waals surface area contributed by atoms with Crippen LogP contribution in [0.15, 0.2) is 54.1 Å². The second kappa shape index (κ2) is 4.41. The molecule has 1 aromatic rings. The van der Waals surface area contributed by atoms with Gasteiger partial charge in [-0.3, -0.25) is 9.78 Å². The molecule has 0 N–H and O–H groups in total. The first kappa shape index (κ1) is 9.45. The van der Waals surface area contributed by atoms with Crippen molar-refractivity contribution in [3.05, 3.63) is 54.5 Å². The van der Waals surface area contributed by atoms with Gasteiger partial charge in [0.05, 0.1) is 5.56 Å². The number of carbonyl (C=O) groups excluding carboxylic acids is 1. The third kappa shape index (κ3) is 2.43. The zero-order valence-corrected chi connectivity index (χ0v) is 8.08. The van der Waals surface area contributed by atoms with E-state index >= 15 is 0 Å². The lowest BCUT2D eigenvalue weighted by atomic mass is 10.3. The number of allylic oxidation sites excluding steroid dienone is 2. The maximum absolute atomic E-state index is 11.6. The van der Waals surface area contributed by atoms with Crippen LogP contribution >= 0.6 is 0 Å². The Kier molecular flexibility index (Phi) is 2.78. The molecule has 1 aliphatic heterocycles. The van der Waals surface area contributed by atoms with E-state index in [1.807, 2.05) is 18.2 Å². The Morgan fingerprint density at radius 3 is 3.07 bits per heavy atom. The van der Waals surface area contributed by atoms with Crippen LogP contribution in [0, 0.1) is 0 Å². The number of hydrogen-bond donors (Lipinski definition) is 0. The van der Waals surface area contributed by atoms with Gasteiger partial charge in [-0.25, -0.2) is 0 Å². The van der Waals surface area contributed by atoms with Crippen molar-refractivity contribution in [2.24, 2.45) is 5.11 Å². The molecule has 0 fully saturated rings. The van der Waals surface area contributed by atoms with Crippen molar-refractivity contribution in [2.45, 2.75) is 0 Å². The summed E-state index contributed by atoms with van der Waals surface area (Å²) < 4.78 is 1.59. The zero-order valence-electron chi connectivity index (χ0n) is 8.08. The van der Waals surface area contributed by atoms with Gasteiger partial charge in [-0.05, 0) is 18.2 Å². The normalized spacial score (nSPS) is 16.9. The van der Waals surface area contributed by atoms with E-state index < -0.39 is 0 Å². The quantitative estimate of drug-likeness (QED) is 0.648. The number of azo groups is 2. The summed E-state index contributed by atoms with van der Waals surface area (Å²) in [6.45, 7) is 0.627. The van der Waals surface area contributed by atoms with Crippen LogP contribution in [0.4, 0.5) is 0 Å². The average molecular weight is 200 g/mol. The van der Waals surface area contributed by atoms with Gasteiger partial charge in [0.25, 0.3) is 0 Å². The molecule has 1 aliphatic rings. The van der Waals surface area contributed by atoms with Gasteiger partial charge in [0.2, 0.25) is 0 Å². The molecule has 2 rings (SSSR count). The maximum atomic E-state index is 11.6. The summed E-state index contributed by atoms with van der Waals surface area (Å²) in [4.78, 5) is 15.5. The van der Waals surface area contributed by atoms with E-state index in [9.17, 15) is 4.79 Å². The first-order valence-electron chi connectivity index (χ1n) is 4.62.